The molecule has 4 nitrogen and oxygen atoms in total. The van der Waals surface area contributed by atoms with Gasteiger partial charge in [-0.2, -0.15) is 0 Å². The summed E-state index contributed by atoms with van der Waals surface area (Å²) in [4.78, 5) is 0. The average molecular weight is 431 g/mol. The molecule has 158 valence electrons. The van der Waals surface area contributed by atoms with Crippen LogP contribution in [0.15, 0.2) is 0 Å². The Morgan fingerprint density at radius 3 is 1.37 bits per heavy atom. The second-order valence-electron chi connectivity index (χ2n) is 7.80. The first-order chi connectivity index (χ1) is 12.5. The Balaban J connectivity index is 0. The smallest absolute Gasteiger partial charge is 0.748 e. The van der Waals surface area contributed by atoms with Gasteiger partial charge in [0.2, 0.25) is 0 Å². The first-order valence-electron chi connectivity index (χ1n) is 11.1. The van der Waals surface area contributed by atoms with E-state index < -0.39 is 10.1 Å². The maximum Gasteiger partial charge on any atom is 1.00 e. The largest absolute Gasteiger partial charge is 1.00 e. The zero-order valence-corrected chi connectivity index (χ0v) is 22.0. The average Bonchev–Trinajstić information content (AvgIpc) is 2.58. The first-order valence-corrected chi connectivity index (χ1v) is 12.6. The van der Waals surface area contributed by atoms with E-state index in [0.717, 1.165) is 38.5 Å². The quantitative estimate of drug-likeness (QED) is 0.183. The molecule has 0 heterocycles. The van der Waals surface area contributed by atoms with Gasteiger partial charge in [-0.3, -0.25) is 0 Å². The van der Waals surface area contributed by atoms with E-state index in [2.05, 4.69) is 6.92 Å². The van der Waals surface area contributed by atoms with E-state index in [0.29, 0.717) is 6.42 Å². The molecule has 1 N–H and O–H groups in total. The molecule has 0 radical (unpaired) electrons. The molecule has 0 aromatic heterocycles. The van der Waals surface area contributed by atoms with Crippen molar-refractivity contribution in [3.63, 3.8) is 0 Å². The maximum absolute atomic E-state index is 10.5. The molecule has 0 bridgehead atoms. The fraction of sp³-hybridized carbons (Fsp3) is 1.00. The van der Waals surface area contributed by atoms with Crippen molar-refractivity contribution < 1.29 is 69.5 Å². The van der Waals surface area contributed by atoms with E-state index in [1.54, 1.807) is 0 Å². The molecule has 1 atom stereocenters. The molecule has 0 fully saturated rings. The summed E-state index contributed by atoms with van der Waals surface area (Å²) in [6.45, 7) is 2.24. The summed E-state index contributed by atoms with van der Waals surface area (Å²) in [5.41, 5.74) is 0. The molecular weight excluding hydrogens is 387 g/mol. The van der Waals surface area contributed by atoms with Crippen LogP contribution < -0.4 is 51.4 Å². The Labute approximate surface area is 211 Å². The van der Waals surface area contributed by atoms with Crippen LogP contribution in [-0.2, 0) is 10.1 Å². The minimum Gasteiger partial charge on any atom is -0.748 e. The number of aliphatic hydroxyl groups is 1. The molecule has 0 aliphatic carbocycles. The number of unbranched alkanes of at least 4 members (excludes halogenated alkanes) is 14. The minimum atomic E-state index is -4.02. The van der Waals surface area contributed by atoms with Crippen LogP contribution in [0.2, 0.25) is 0 Å². The topological polar surface area (TPSA) is 77.4 Å². The van der Waals surface area contributed by atoms with E-state index in [-0.39, 0.29) is 63.2 Å². The van der Waals surface area contributed by atoms with Crippen molar-refractivity contribution >= 4 is 10.1 Å². The standard InChI is InChI=1S/C21H44O4S.K/c1-2-3-4-5-9-12-15-18-21(22)19-16-13-10-7-6-8-11-14-17-20-26(23,24)25;/h21-22H,2-20H2,1H3,(H,23,24,25);/q;+1/p-1. The van der Waals surface area contributed by atoms with Gasteiger partial charge in [-0.05, 0) is 19.3 Å². The number of aliphatic hydroxyl groups excluding tert-OH is 1. The van der Waals surface area contributed by atoms with Gasteiger partial charge in [-0.25, -0.2) is 8.42 Å². The van der Waals surface area contributed by atoms with Crippen LogP contribution in [0.25, 0.3) is 0 Å². The minimum absolute atomic E-state index is 0. The van der Waals surface area contributed by atoms with Crippen LogP contribution >= 0.6 is 0 Å². The van der Waals surface area contributed by atoms with Crippen molar-refractivity contribution in [2.75, 3.05) is 5.75 Å². The molecule has 0 saturated carbocycles. The fourth-order valence-electron chi connectivity index (χ4n) is 3.38. The van der Waals surface area contributed by atoms with Gasteiger partial charge in [0.25, 0.3) is 0 Å². The van der Waals surface area contributed by atoms with Crippen molar-refractivity contribution in [3.8, 4) is 0 Å². The summed E-state index contributed by atoms with van der Waals surface area (Å²) in [6, 6.07) is 0. The van der Waals surface area contributed by atoms with Crippen LogP contribution in [-0.4, -0.2) is 29.9 Å². The molecule has 0 amide bonds. The number of rotatable bonds is 20. The van der Waals surface area contributed by atoms with E-state index >= 15 is 0 Å². The Hall–Kier alpha value is 1.51. The Morgan fingerprint density at radius 2 is 1.00 bits per heavy atom. The van der Waals surface area contributed by atoms with Crippen LogP contribution in [0, 0.1) is 0 Å². The third kappa shape index (κ3) is 27.5. The van der Waals surface area contributed by atoms with Gasteiger partial charge in [-0.15, -0.1) is 0 Å². The Bertz CT molecular complexity index is 388. The molecule has 0 aromatic carbocycles. The first kappa shape index (κ1) is 30.7. The van der Waals surface area contributed by atoms with Crippen LogP contribution in [0.4, 0.5) is 0 Å². The van der Waals surface area contributed by atoms with Crippen LogP contribution in [0.1, 0.15) is 122 Å². The predicted octanol–water partition coefficient (Wildman–Crippen LogP) is 2.94. The van der Waals surface area contributed by atoms with Crippen molar-refractivity contribution in [1.29, 1.82) is 0 Å². The Kier molecular flexibility index (Phi) is 25.2. The van der Waals surface area contributed by atoms with E-state index in [4.69, 9.17) is 0 Å². The van der Waals surface area contributed by atoms with Crippen LogP contribution in [0.3, 0.4) is 0 Å². The summed E-state index contributed by atoms with van der Waals surface area (Å²) < 4.78 is 31.4. The molecule has 1 unspecified atom stereocenters. The van der Waals surface area contributed by atoms with Gasteiger partial charge in [0.05, 0.1) is 16.2 Å². The molecule has 0 aromatic rings. The van der Waals surface area contributed by atoms with Gasteiger partial charge in [0.1, 0.15) is 0 Å². The molecule has 0 saturated heterocycles. The normalized spacial score (nSPS) is 12.7. The summed E-state index contributed by atoms with van der Waals surface area (Å²) in [7, 11) is -4.02. The van der Waals surface area contributed by atoms with Crippen molar-refractivity contribution in [2.45, 2.75) is 129 Å². The fourth-order valence-corrected chi connectivity index (χ4v) is 3.94. The van der Waals surface area contributed by atoms with Crippen molar-refractivity contribution in [3.05, 3.63) is 0 Å². The van der Waals surface area contributed by atoms with E-state index in [1.165, 1.54) is 70.6 Å². The van der Waals surface area contributed by atoms with E-state index in [9.17, 15) is 18.1 Å². The van der Waals surface area contributed by atoms with Gasteiger partial charge >= 0.3 is 51.4 Å². The maximum atomic E-state index is 10.5. The summed E-state index contributed by atoms with van der Waals surface area (Å²) in [5.74, 6) is -0.214. The van der Waals surface area contributed by atoms with Gasteiger partial charge < -0.3 is 9.66 Å². The van der Waals surface area contributed by atoms with Gasteiger partial charge in [0, 0.05) is 5.75 Å². The molecular formula is C21H43KO4S. The third-order valence-corrected chi connectivity index (χ3v) is 5.86. The number of hydrogen-bond acceptors (Lipinski definition) is 4. The van der Waals surface area contributed by atoms with Gasteiger partial charge in [-0.1, -0.05) is 103 Å². The SMILES string of the molecule is CCCCCCCCCC(O)CCCCCCCCCCCS(=O)(=O)[O-].[K+]. The number of hydrogen-bond donors (Lipinski definition) is 1. The molecule has 6 heteroatoms. The Morgan fingerprint density at radius 1 is 0.667 bits per heavy atom. The van der Waals surface area contributed by atoms with Crippen molar-refractivity contribution in [1.82, 2.24) is 0 Å². The van der Waals surface area contributed by atoms with Crippen LogP contribution in [0.5, 0.6) is 0 Å². The monoisotopic (exact) mass is 430 g/mol. The van der Waals surface area contributed by atoms with E-state index in [1.807, 2.05) is 0 Å². The molecule has 0 rings (SSSR count). The molecule has 0 spiro atoms. The molecule has 27 heavy (non-hydrogen) atoms. The molecule has 0 aliphatic heterocycles. The second-order valence-corrected chi connectivity index (χ2v) is 9.32. The second kappa shape index (κ2) is 22.2. The summed E-state index contributed by atoms with van der Waals surface area (Å²) >= 11 is 0. The molecule has 0 aliphatic rings. The third-order valence-electron chi connectivity index (χ3n) is 5.07. The van der Waals surface area contributed by atoms with Gasteiger partial charge in [0.15, 0.2) is 0 Å². The van der Waals surface area contributed by atoms with Crippen molar-refractivity contribution in [2.24, 2.45) is 0 Å². The summed E-state index contributed by atoms with van der Waals surface area (Å²) in [6.07, 6.45) is 20.3. The zero-order valence-electron chi connectivity index (χ0n) is 18.1. The summed E-state index contributed by atoms with van der Waals surface area (Å²) in [5, 5.41) is 10.0. The zero-order chi connectivity index (χ0) is 19.5. The predicted molar refractivity (Wildman–Crippen MR) is 109 cm³/mol.